The number of carbonyl (C=O) groups is 1. The molecular weight excluding hydrogens is 234 g/mol. The highest BCUT2D eigenvalue weighted by Crippen LogP contribution is 2.48. The molecule has 0 aliphatic heterocycles. The lowest BCUT2D eigenvalue weighted by Gasteiger charge is -2.27. The lowest BCUT2D eigenvalue weighted by molar-refractivity contribution is -0.124. The number of hydrogen-bond donors (Lipinski definition) is 1. The van der Waals surface area contributed by atoms with Crippen LogP contribution in [0.2, 0.25) is 0 Å². The first-order valence-electron chi connectivity index (χ1n) is 7.40. The summed E-state index contributed by atoms with van der Waals surface area (Å²) in [6, 6.07) is 6.46. The summed E-state index contributed by atoms with van der Waals surface area (Å²) < 4.78 is 0. The van der Waals surface area contributed by atoms with Gasteiger partial charge in [0.15, 0.2) is 0 Å². The predicted molar refractivity (Wildman–Crippen MR) is 76.9 cm³/mol. The highest BCUT2D eigenvalue weighted by atomic mass is 16.1. The largest absolute Gasteiger partial charge is 0.327 e. The molecule has 0 radical (unpaired) electrons. The summed E-state index contributed by atoms with van der Waals surface area (Å²) in [6.07, 6.45) is 4.19. The van der Waals surface area contributed by atoms with Gasteiger partial charge in [-0.1, -0.05) is 18.2 Å². The van der Waals surface area contributed by atoms with Gasteiger partial charge >= 0.3 is 0 Å². The van der Waals surface area contributed by atoms with Crippen molar-refractivity contribution in [2.75, 3.05) is 0 Å². The number of carbonyl (C=O) groups excluding carboxylic acids is 1. The van der Waals surface area contributed by atoms with Gasteiger partial charge in [-0.2, -0.15) is 0 Å². The van der Waals surface area contributed by atoms with E-state index < -0.39 is 0 Å². The summed E-state index contributed by atoms with van der Waals surface area (Å²) in [5.41, 5.74) is 9.94. The van der Waals surface area contributed by atoms with Crippen molar-refractivity contribution in [1.29, 1.82) is 0 Å². The molecule has 1 aromatic carbocycles. The average Bonchev–Trinajstić information content (AvgIpc) is 2.94. The molecule has 2 fully saturated rings. The highest BCUT2D eigenvalue weighted by Gasteiger charge is 2.48. The van der Waals surface area contributed by atoms with Crippen molar-refractivity contribution in [3.8, 4) is 0 Å². The zero-order chi connectivity index (χ0) is 13.6. The normalized spacial score (nSPS) is 32.8. The Balaban J connectivity index is 1.73. The number of aryl methyl sites for hydroxylation is 2. The fourth-order valence-electron chi connectivity index (χ4n) is 4.05. The smallest absolute Gasteiger partial charge is 0.142 e. The molecule has 4 unspecified atom stereocenters. The van der Waals surface area contributed by atoms with Crippen LogP contribution in [0.25, 0.3) is 0 Å². The van der Waals surface area contributed by atoms with E-state index in [0.717, 1.165) is 5.56 Å². The van der Waals surface area contributed by atoms with E-state index in [2.05, 4.69) is 32.0 Å². The van der Waals surface area contributed by atoms with Crippen LogP contribution in [0.1, 0.15) is 36.0 Å². The molecule has 0 saturated heterocycles. The molecule has 2 saturated carbocycles. The Hall–Kier alpha value is -1.15. The molecule has 0 spiro atoms. The molecule has 2 aliphatic rings. The van der Waals surface area contributed by atoms with E-state index in [4.69, 9.17) is 5.73 Å². The van der Waals surface area contributed by atoms with E-state index in [1.165, 1.54) is 30.4 Å². The summed E-state index contributed by atoms with van der Waals surface area (Å²) in [5.74, 6) is 1.67. The van der Waals surface area contributed by atoms with Crippen molar-refractivity contribution in [2.24, 2.45) is 23.5 Å². The van der Waals surface area contributed by atoms with Crippen LogP contribution in [0.4, 0.5) is 0 Å². The van der Waals surface area contributed by atoms with Crippen molar-refractivity contribution in [3.63, 3.8) is 0 Å². The van der Waals surface area contributed by atoms with E-state index in [0.29, 0.717) is 24.0 Å². The standard InChI is InChI=1S/C17H23NO/c1-10-3-4-12(7-11(10)2)8-15(19)16-13-5-6-14(9-13)17(16)18/h3-4,7,13-14,16-17H,5-6,8-9,18H2,1-2H3. The van der Waals surface area contributed by atoms with E-state index >= 15 is 0 Å². The van der Waals surface area contributed by atoms with Gasteiger partial charge in [-0.05, 0) is 61.6 Å². The van der Waals surface area contributed by atoms with Crippen LogP contribution in [-0.4, -0.2) is 11.8 Å². The minimum absolute atomic E-state index is 0.123. The Morgan fingerprint density at radius 2 is 1.95 bits per heavy atom. The van der Waals surface area contributed by atoms with Gasteiger partial charge in [0.05, 0.1) is 0 Å². The Kier molecular flexibility index (Phi) is 3.22. The summed E-state index contributed by atoms with van der Waals surface area (Å²) >= 11 is 0. The molecule has 2 bridgehead atoms. The summed E-state index contributed by atoms with van der Waals surface area (Å²) in [5, 5.41) is 0. The highest BCUT2D eigenvalue weighted by molar-refractivity contribution is 5.84. The molecule has 2 aliphatic carbocycles. The zero-order valence-corrected chi connectivity index (χ0v) is 11.9. The number of nitrogens with two attached hydrogens (primary N) is 1. The van der Waals surface area contributed by atoms with Gasteiger partial charge in [0.25, 0.3) is 0 Å². The first-order chi connectivity index (χ1) is 9.06. The topological polar surface area (TPSA) is 43.1 Å². The molecule has 2 heteroatoms. The van der Waals surface area contributed by atoms with Crippen molar-refractivity contribution >= 4 is 5.78 Å². The van der Waals surface area contributed by atoms with Crippen LogP contribution < -0.4 is 5.73 Å². The molecule has 2 N–H and O–H groups in total. The average molecular weight is 257 g/mol. The molecule has 0 aromatic heterocycles. The Labute approximate surface area is 115 Å². The summed E-state index contributed by atoms with van der Waals surface area (Å²) in [4.78, 5) is 12.5. The Bertz CT molecular complexity index is 506. The van der Waals surface area contributed by atoms with Gasteiger partial charge in [0.1, 0.15) is 5.78 Å². The lowest BCUT2D eigenvalue weighted by Crippen LogP contribution is -2.40. The van der Waals surface area contributed by atoms with Crippen LogP contribution >= 0.6 is 0 Å². The minimum atomic E-state index is 0.123. The SMILES string of the molecule is Cc1ccc(CC(=O)C2C3CCC(C3)C2N)cc1C. The van der Waals surface area contributed by atoms with Crippen molar-refractivity contribution in [1.82, 2.24) is 0 Å². The first kappa shape index (κ1) is 12.9. The van der Waals surface area contributed by atoms with Gasteiger partial charge < -0.3 is 5.73 Å². The maximum atomic E-state index is 12.5. The molecule has 0 amide bonds. The van der Waals surface area contributed by atoms with E-state index in [1.54, 1.807) is 0 Å². The predicted octanol–water partition coefficient (Wildman–Crippen LogP) is 2.79. The third-order valence-electron chi connectivity index (χ3n) is 5.30. The first-order valence-corrected chi connectivity index (χ1v) is 7.40. The number of benzene rings is 1. The monoisotopic (exact) mass is 257 g/mol. The van der Waals surface area contributed by atoms with Crippen molar-refractivity contribution in [2.45, 2.75) is 45.6 Å². The van der Waals surface area contributed by atoms with Crippen molar-refractivity contribution in [3.05, 3.63) is 34.9 Å². The molecule has 0 heterocycles. The number of ketones is 1. The summed E-state index contributed by atoms with van der Waals surface area (Å²) in [7, 11) is 0. The van der Waals surface area contributed by atoms with E-state index in [-0.39, 0.29) is 12.0 Å². The number of rotatable bonds is 3. The molecule has 19 heavy (non-hydrogen) atoms. The number of hydrogen-bond acceptors (Lipinski definition) is 2. The zero-order valence-electron chi connectivity index (χ0n) is 11.9. The molecule has 102 valence electrons. The fraction of sp³-hybridized carbons (Fsp3) is 0.588. The van der Waals surface area contributed by atoms with Crippen molar-refractivity contribution < 1.29 is 4.79 Å². The Morgan fingerprint density at radius 3 is 2.58 bits per heavy atom. The number of fused-ring (bicyclic) bond motifs is 2. The van der Waals surface area contributed by atoms with Gasteiger partial charge in [0.2, 0.25) is 0 Å². The van der Waals surface area contributed by atoms with Crippen LogP contribution in [0.3, 0.4) is 0 Å². The Morgan fingerprint density at radius 1 is 1.21 bits per heavy atom. The minimum Gasteiger partial charge on any atom is -0.327 e. The maximum absolute atomic E-state index is 12.5. The fourth-order valence-corrected chi connectivity index (χ4v) is 4.05. The van der Waals surface area contributed by atoms with Gasteiger partial charge in [0, 0.05) is 18.4 Å². The summed E-state index contributed by atoms with van der Waals surface area (Å²) in [6.45, 7) is 4.21. The molecule has 2 nitrogen and oxygen atoms in total. The molecule has 1 aromatic rings. The molecule has 4 atom stereocenters. The lowest BCUT2D eigenvalue weighted by atomic mass is 9.80. The second kappa shape index (κ2) is 4.75. The number of Topliss-reactive ketones (excluding diaryl/α,β-unsaturated/α-hetero) is 1. The molecular formula is C17H23NO. The van der Waals surface area contributed by atoms with Gasteiger partial charge in [-0.15, -0.1) is 0 Å². The van der Waals surface area contributed by atoms with Crippen LogP contribution in [0.15, 0.2) is 18.2 Å². The second-order valence-corrected chi connectivity index (χ2v) is 6.50. The van der Waals surface area contributed by atoms with Crippen LogP contribution in [0, 0.1) is 31.6 Å². The second-order valence-electron chi connectivity index (χ2n) is 6.50. The van der Waals surface area contributed by atoms with Gasteiger partial charge in [-0.25, -0.2) is 0 Å². The van der Waals surface area contributed by atoms with E-state index in [1.807, 2.05) is 0 Å². The van der Waals surface area contributed by atoms with Crippen LogP contribution in [-0.2, 0) is 11.2 Å². The molecule has 3 rings (SSSR count). The van der Waals surface area contributed by atoms with Gasteiger partial charge in [-0.3, -0.25) is 4.79 Å². The quantitative estimate of drug-likeness (QED) is 0.904. The maximum Gasteiger partial charge on any atom is 0.142 e. The third kappa shape index (κ3) is 2.23. The van der Waals surface area contributed by atoms with Crippen LogP contribution in [0.5, 0.6) is 0 Å². The van der Waals surface area contributed by atoms with E-state index in [9.17, 15) is 4.79 Å². The third-order valence-corrected chi connectivity index (χ3v) is 5.30.